The van der Waals surface area contributed by atoms with E-state index in [2.05, 4.69) is 6.92 Å². The van der Waals surface area contributed by atoms with Gasteiger partial charge in [-0.05, 0) is 17.5 Å². The predicted octanol–water partition coefficient (Wildman–Crippen LogP) is 2.22. The van der Waals surface area contributed by atoms with Gasteiger partial charge in [-0.2, -0.15) is 0 Å². The molecule has 1 aromatic rings. The van der Waals surface area contributed by atoms with Crippen molar-refractivity contribution in [3.63, 3.8) is 0 Å². The van der Waals surface area contributed by atoms with E-state index in [1.165, 1.54) is 5.56 Å². The second-order valence-electron chi connectivity index (χ2n) is 2.80. The summed E-state index contributed by atoms with van der Waals surface area (Å²) in [5.74, 6) is 0. The van der Waals surface area contributed by atoms with Gasteiger partial charge in [-0.15, -0.1) is 0 Å². The Balaban J connectivity index is 2.77. The Bertz CT molecular complexity index is 230. The van der Waals surface area contributed by atoms with Crippen LogP contribution in [-0.4, -0.2) is 6.54 Å². The van der Waals surface area contributed by atoms with Gasteiger partial charge in [0.05, 0.1) is 0 Å². The van der Waals surface area contributed by atoms with Gasteiger partial charge in [-0.25, -0.2) is 4.39 Å². The molecular weight excluding hydrogens is 153 g/mol. The maximum atomic E-state index is 13.0. The van der Waals surface area contributed by atoms with Crippen molar-refractivity contribution in [2.75, 3.05) is 6.54 Å². The molecule has 1 nitrogen and oxygen atoms in total. The third-order valence-electron chi connectivity index (χ3n) is 1.96. The zero-order chi connectivity index (χ0) is 8.97. The normalized spacial score (nSPS) is 12.9. The fourth-order valence-corrected chi connectivity index (χ4v) is 1.10. The van der Waals surface area contributed by atoms with E-state index in [0.29, 0.717) is 5.56 Å². The number of rotatable bonds is 3. The maximum Gasteiger partial charge on any atom is 0.137 e. The molecule has 0 spiro atoms. The van der Waals surface area contributed by atoms with Crippen molar-refractivity contribution in [3.8, 4) is 0 Å². The van der Waals surface area contributed by atoms with E-state index in [0.717, 1.165) is 6.42 Å². The predicted molar refractivity (Wildman–Crippen MR) is 48.7 cm³/mol. The summed E-state index contributed by atoms with van der Waals surface area (Å²) in [7, 11) is 0. The van der Waals surface area contributed by atoms with E-state index in [1.54, 1.807) is 12.1 Å². The van der Waals surface area contributed by atoms with Gasteiger partial charge < -0.3 is 5.73 Å². The molecule has 12 heavy (non-hydrogen) atoms. The van der Waals surface area contributed by atoms with E-state index in [9.17, 15) is 4.39 Å². The van der Waals surface area contributed by atoms with Crippen LogP contribution in [0.1, 0.15) is 24.2 Å². The highest BCUT2D eigenvalue weighted by molar-refractivity contribution is 5.24. The first-order chi connectivity index (χ1) is 5.77. The SMILES string of the molecule is CCc1ccc([C@H](F)CN)cc1. The molecule has 2 N–H and O–H groups in total. The average Bonchev–Trinajstić information content (AvgIpc) is 2.17. The van der Waals surface area contributed by atoms with Crippen molar-refractivity contribution in [3.05, 3.63) is 35.4 Å². The van der Waals surface area contributed by atoms with Crippen LogP contribution in [0.5, 0.6) is 0 Å². The monoisotopic (exact) mass is 167 g/mol. The van der Waals surface area contributed by atoms with Crippen molar-refractivity contribution in [2.45, 2.75) is 19.5 Å². The summed E-state index contributed by atoms with van der Waals surface area (Å²) < 4.78 is 13.0. The van der Waals surface area contributed by atoms with Gasteiger partial charge >= 0.3 is 0 Å². The van der Waals surface area contributed by atoms with Crippen LogP contribution in [0.2, 0.25) is 0 Å². The lowest BCUT2D eigenvalue weighted by Crippen LogP contribution is -2.07. The molecule has 66 valence electrons. The minimum Gasteiger partial charge on any atom is -0.327 e. The van der Waals surface area contributed by atoms with Gasteiger partial charge in [0.2, 0.25) is 0 Å². The standard InChI is InChI=1S/C10H14FN/c1-2-8-3-5-9(6-4-8)10(11)7-12/h3-6,10H,2,7,12H2,1H3/t10-/m1/s1. The van der Waals surface area contributed by atoms with E-state index < -0.39 is 6.17 Å². The second kappa shape index (κ2) is 4.21. The molecule has 0 saturated heterocycles. The van der Waals surface area contributed by atoms with Gasteiger partial charge in [0, 0.05) is 6.54 Å². The third kappa shape index (κ3) is 2.05. The summed E-state index contributed by atoms with van der Waals surface area (Å²) in [5.41, 5.74) is 7.10. The molecule has 0 unspecified atom stereocenters. The molecule has 0 saturated carbocycles. The Morgan fingerprint density at radius 2 is 1.92 bits per heavy atom. The van der Waals surface area contributed by atoms with Gasteiger partial charge in [-0.1, -0.05) is 31.2 Å². The molecule has 2 heteroatoms. The first-order valence-corrected chi connectivity index (χ1v) is 4.21. The van der Waals surface area contributed by atoms with Crippen LogP contribution in [0.4, 0.5) is 4.39 Å². The fraction of sp³-hybridized carbons (Fsp3) is 0.400. The van der Waals surface area contributed by atoms with Gasteiger partial charge in [0.25, 0.3) is 0 Å². The molecule has 0 bridgehead atoms. The number of hydrogen-bond acceptors (Lipinski definition) is 1. The maximum absolute atomic E-state index is 13.0. The summed E-state index contributed by atoms with van der Waals surface area (Å²) >= 11 is 0. The van der Waals surface area contributed by atoms with Crippen LogP contribution in [-0.2, 0) is 6.42 Å². The zero-order valence-electron chi connectivity index (χ0n) is 7.26. The minimum atomic E-state index is -1.02. The summed E-state index contributed by atoms with van der Waals surface area (Å²) in [5, 5.41) is 0. The second-order valence-corrected chi connectivity index (χ2v) is 2.80. The molecule has 1 rings (SSSR count). The lowest BCUT2D eigenvalue weighted by atomic mass is 10.1. The molecule has 0 fully saturated rings. The Hall–Kier alpha value is -0.890. The molecule has 0 amide bonds. The fourth-order valence-electron chi connectivity index (χ4n) is 1.10. The molecular formula is C10H14FN. The first kappa shape index (κ1) is 9.20. The number of benzene rings is 1. The van der Waals surface area contributed by atoms with Gasteiger partial charge in [0.1, 0.15) is 6.17 Å². The lowest BCUT2D eigenvalue weighted by Gasteiger charge is -2.05. The lowest BCUT2D eigenvalue weighted by molar-refractivity contribution is 0.353. The van der Waals surface area contributed by atoms with Crippen LogP contribution in [0.25, 0.3) is 0 Å². The summed E-state index contributed by atoms with van der Waals surface area (Å²) in [4.78, 5) is 0. The number of halogens is 1. The molecule has 0 aliphatic carbocycles. The molecule has 1 aromatic carbocycles. The van der Waals surface area contributed by atoms with E-state index in [4.69, 9.17) is 5.73 Å². The van der Waals surface area contributed by atoms with Gasteiger partial charge in [0.15, 0.2) is 0 Å². The van der Waals surface area contributed by atoms with Crippen molar-refractivity contribution < 1.29 is 4.39 Å². The minimum absolute atomic E-state index is 0.0610. The molecule has 0 radical (unpaired) electrons. The Morgan fingerprint density at radius 1 is 1.33 bits per heavy atom. The average molecular weight is 167 g/mol. The molecule has 0 aliphatic heterocycles. The van der Waals surface area contributed by atoms with Crippen molar-refractivity contribution >= 4 is 0 Å². The van der Waals surface area contributed by atoms with Crippen molar-refractivity contribution in [1.82, 2.24) is 0 Å². The summed E-state index contributed by atoms with van der Waals surface area (Å²) in [6.45, 7) is 2.14. The van der Waals surface area contributed by atoms with E-state index >= 15 is 0 Å². The zero-order valence-corrected chi connectivity index (χ0v) is 7.26. The number of aryl methyl sites for hydroxylation is 1. The largest absolute Gasteiger partial charge is 0.327 e. The molecule has 1 atom stereocenters. The van der Waals surface area contributed by atoms with Crippen LogP contribution < -0.4 is 5.73 Å². The third-order valence-corrected chi connectivity index (χ3v) is 1.96. The quantitative estimate of drug-likeness (QED) is 0.734. The van der Waals surface area contributed by atoms with Crippen LogP contribution in [0.3, 0.4) is 0 Å². The smallest absolute Gasteiger partial charge is 0.137 e. The highest BCUT2D eigenvalue weighted by Crippen LogP contribution is 2.16. The van der Waals surface area contributed by atoms with Crippen molar-refractivity contribution in [1.29, 1.82) is 0 Å². The number of alkyl halides is 1. The summed E-state index contributed by atoms with van der Waals surface area (Å²) in [6.07, 6.45) is -0.0317. The Labute approximate surface area is 72.4 Å². The van der Waals surface area contributed by atoms with E-state index in [-0.39, 0.29) is 6.54 Å². The number of hydrogen-bond donors (Lipinski definition) is 1. The molecule has 0 heterocycles. The van der Waals surface area contributed by atoms with Crippen LogP contribution in [0.15, 0.2) is 24.3 Å². The van der Waals surface area contributed by atoms with Crippen LogP contribution in [0, 0.1) is 0 Å². The van der Waals surface area contributed by atoms with Crippen molar-refractivity contribution in [2.24, 2.45) is 5.73 Å². The summed E-state index contributed by atoms with van der Waals surface area (Å²) in [6, 6.07) is 7.49. The Kier molecular flexibility index (Phi) is 3.23. The molecule has 0 aromatic heterocycles. The highest BCUT2D eigenvalue weighted by Gasteiger charge is 2.05. The van der Waals surface area contributed by atoms with Gasteiger partial charge in [-0.3, -0.25) is 0 Å². The van der Waals surface area contributed by atoms with Crippen LogP contribution >= 0.6 is 0 Å². The topological polar surface area (TPSA) is 26.0 Å². The first-order valence-electron chi connectivity index (χ1n) is 4.21. The van der Waals surface area contributed by atoms with E-state index in [1.807, 2.05) is 12.1 Å². The Morgan fingerprint density at radius 3 is 2.33 bits per heavy atom. The highest BCUT2D eigenvalue weighted by atomic mass is 19.1. The molecule has 0 aliphatic rings. The number of nitrogens with two attached hydrogens (primary N) is 1.